The van der Waals surface area contributed by atoms with Gasteiger partial charge in [0.05, 0.1) is 12.1 Å². The van der Waals surface area contributed by atoms with Crippen LogP contribution < -0.4 is 5.32 Å². The average molecular weight is 416 g/mol. The molecule has 1 aromatic heterocycles. The lowest BCUT2D eigenvalue weighted by atomic mass is 9.96. The molecule has 0 atom stereocenters. The number of nitrogens with one attached hydrogen (secondary N) is 1. The van der Waals surface area contributed by atoms with E-state index in [-0.39, 0.29) is 12.5 Å². The molecule has 1 aliphatic rings. The van der Waals surface area contributed by atoms with E-state index in [4.69, 9.17) is 0 Å². The van der Waals surface area contributed by atoms with Crippen molar-refractivity contribution < 1.29 is 4.79 Å². The van der Waals surface area contributed by atoms with Gasteiger partial charge >= 0.3 is 0 Å². The second-order valence-corrected chi connectivity index (χ2v) is 8.80. The van der Waals surface area contributed by atoms with Crippen molar-refractivity contribution >= 4 is 22.2 Å². The molecule has 0 aliphatic heterocycles. The molecule has 0 unspecified atom stereocenters. The molecule has 0 radical (unpaired) electrons. The minimum Gasteiger partial charge on any atom is -0.315 e. The zero-order valence-corrected chi connectivity index (χ0v) is 17.8. The summed E-state index contributed by atoms with van der Waals surface area (Å²) in [6.45, 7) is 1.65. The average Bonchev–Trinajstić information content (AvgIpc) is 3.11. The van der Waals surface area contributed by atoms with Crippen LogP contribution in [0.3, 0.4) is 0 Å². The third-order valence-corrected chi connectivity index (χ3v) is 6.61. The highest BCUT2D eigenvalue weighted by molar-refractivity contribution is 7.16. The maximum Gasteiger partial charge on any atom is 0.239 e. The van der Waals surface area contributed by atoms with E-state index in [0.29, 0.717) is 23.7 Å². The molecule has 0 spiro atoms. The molecule has 1 heterocycles. The van der Waals surface area contributed by atoms with Gasteiger partial charge in [-0.2, -0.15) is 5.26 Å². The summed E-state index contributed by atoms with van der Waals surface area (Å²) in [6, 6.07) is 22.7. The van der Waals surface area contributed by atoms with Crippen LogP contribution in [0.2, 0.25) is 0 Å². The first-order valence-electron chi connectivity index (χ1n) is 10.4. The van der Waals surface area contributed by atoms with Crippen LogP contribution in [0, 0.1) is 11.3 Å². The van der Waals surface area contributed by atoms with Crippen molar-refractivity contribution in [3.05, 3.63) is 87.8 Å². The molecule has 0 saturated carbocycles. The third kappa shape index (κ3) is 4.96. The molecule has 3 aromatic rings. The van der Waals surface area contributed by atoms with Gasteiger partial charge in [-0.1, -0.05) is 60.7 Å². The highest BCUT2D eigenvalue weighted by atomic mass is 32.1. The van der Waals surface area contributed by atoms with Crippen LogP contribution in [0.1, 0.15) is 40.0 Å². The fourth-order valence-electron chi connectivity index (χ4n) is 3.99. The number of nitriles is 1. The van der Waals surface area contributed by atoms with Crippen molar-refractivity contribution in [2.24, 2.45) is 0 Å². The van der Waals surface area contributed by atoms with Gasteiger partial charge in [0.15, 0.2) is 0 Å². The number of hydrogen-bond acceptors (Lipinski definition) is 4. The van der Waals surface area contributed by atoms with E-state index in [9.17, 15) is 10.1 Å². The van der Waals surface area contributed by atoms with Gasteiger partial charge in [-0.25, -0.2) is 0 Å². The monoisotopic (exact) mass is 415 g/mol. The van der Waals surface area contributed by atoms with Crippen LogP contribution in [0.4, 0.5) is 5.00 Å². The third-order valence-electron chi connectivity index (χ3n) is 5.40. The summed E-state index contributed by atoms with van der Waals surface area (Å²) >= 11 is 1.58. The molecule has 1 amide bonds. The molecule has 0 saturated heterocycles. The molecular formula is C25H25N3OS. The molecule has 1 N–H and O–H groups in total. The summed E-state index contributed by atoms with van der Waals surface area (Å²) in [6.07, 6.45) is 4.23. The first-order valence-corrected chi connectivity index (χ1v) is 11.2. The van der Waals surface area contributed by atoms with Gasteiger partial charge in [0.25, 0.3) is 0 Å². The van der Waals surface area contributed by atoms with E-state index in [1.165, 1.54) is 16.0 Å². The van der Waals surface area contributed by atoms with Crippen molar-refractivity contribution in [2.75, 3.05) is 11.9 Å². The molecule has 30 heavy (non-hydrogen) atoms. The Hall–Kier alpha value is -2.94. The number of amides is 1. The smallest absolute Gasteiger partial charge is 0.239 e. The van der Waals surface area contributed by atoms with Crippen molar-refractivity contribution in [1.82, 2.24) is 4.90 Å². The Labute approximate surface area is 181 Å². The van der Waals surface area contributed by atoms with Gasteiger partial charge in [0.2, 0.25) is 5.91 Å². The van der Waals surface area contributed by atoms with E-state index >= 15 is 0 Å². The maximum atomic E-state index is 12.9. The Morgan fingerprint density at radius 2 is 1.57 bits per heavy atom. The van der Waals surface area contributed by atoms with Crippen molar-refractivity contribution in [3.63, 3.8) is 0 Å². The SMILES string of the molecule is N#Cc1c(NC(=O)CN(Cc2ccccc2)Cc2ccccc2)sc2c1CCCC2. The van der Waals surface area contributed by atoms with Crippen molar-refractivity contribution in [3.8, 4) is 6.07 Å². The summed E-state index contributed by atoms with van der Waals surface area (Å²) in [5.41, 5.74) is 4.16. The number of aryl methyl sites for hydroxylation is 1. The zero-order chi connectivity index (χ0) is 20.8. The maximum absolute atomic E-state index is 12.9. The minimum absolute atomic E-state index is 0.0723. The Morgan fingerprint density at radius 3 is 2.17 bits per heavy atom. The van der Waals surface area contributed by atoms with Gasteiger partial charge in [-0.15, -0.1) is 11.3 Å². The summed E-state index contributed by atoms with van der Waals surface area (Å²) < 4.78 is 0. The second kappa shape index (κ2) is 9.71. The molecule has 0 fully saturated rings. The van der Waals surface area contributed by atoms with Gasteiger partial charge in [-0.3, -0.25) is 9.69 Å². The van der Waals surface area contributed by atoms with E-state index < -0.39 is 0 Å². The summed E-state index contributed by atoms with van der Waals surface area (Å²) in [7, 11) is 0. The number of hydrogen-bond donors (Lipinski definition) is 1. The predicted octanol–water partition coefficient (Wildman–Crippen LogP) is 5.14. The van der Waals surface area contributed by atoms with Crippen LogP contribution in [-0.2, 0) is 30.7 Å². The van der Waals surface area contributed by atoms with Gasteiger partial charge in [0, 0.05) is 18.0 Å². The van der Waals surface area contributed by atoms with Crippen LogP contribution in [0.5, 0.6) is 0 Å². The van der Waals surface area contributed by atoms with Gasteiger partial charge in [0.1, 0.15) is 11.1 Å². The molecule has 152 valence electrons. The summed E-state index contributed by atoms with van der Waals surface area (Å²) in [4.78, 5) is 16.3. The Balaban J connectivity index is 1.49. The molecule has 2 aromatic carbocycles. The molecule has 4 nitrogen and oxygen atoms in total. The second-order valence-electron chi connectivity index (χ2n) is 7.69. The molecule has 0 bridgehead atoms. The number of rotatable bonds is 7. The normalized spacial score (nSPS) is 12.9. The number of carbonyl (C=O) groups excluding carboxylic acids is 1. The van der Waals surface area contributed by atoms with Crippen LogP contribution in [0.15, 0.2) is 60.7 Å². The fraction of sp³-hybridized carbons (Fsp3) is 0.280. The number of thiophene rings is 1. The van der Waals surface area contributed by atoms with Crippen molar-refractivity contribution in [2.45, 2.75) is 38.8 Å². The number of nitrogens with zero attached hydrogens (tertiary/aromatic N) is 2. The van der Waals surface area contributed by atoms with E-state index in [0.717, 1.165) is 31.2 Å². The Kier molecular flexibility index (Phi) is 6.58. The zero-order valence-electron chi connectivity index (χ0n) is 16.9. The Bertz CT molecular complexity index is 996. The first-order chi connectivity index (χ1) is 14.7. The topological polar surface area (TPSA) is 56.1 Å². The number of carbonyl (C=O) groups is 1. The molecular weight excluding hydrogens is 390 g/mol. The highest BCUT2D eigenvalue weighted by Gasteiger charge is 2.22. The molecule has 1 aliphatic carbocycles. The fourth-order valence-corrected chi connectivity index (χ4v) is 5.25. The number of anilines is 1. The Morgan fingerprint density at radius 1 is 0.967 bits per heavy atom. The standard InChI is InChI=1S/C25H25N3OS/c26-15-22-21-13-7-8-14-23(21)30-25(22)27-24(29)18-28(16-19-9-3-1-4-10-19)17-20-11-5-2-6-12-20/h1-6,9-12H,7-8,13-14,16-18H2,(H,27,29). The van der Waals surface area contributed by atoms with Crippen LogP contribution in [0.25, 0.3) is 0 Å². The highest BCUT2D eigenvalue weighted by Crippen LogP contribution is 2.37. The summed E-state index contributed by atoms with van der Waals surface area (Å²) in [5, 5.41) is 13.4. The van der Waals surface area contributed by atoms with Gasteiger partial charge < -0.3 is 5.32 Å². The van der Waals surface area contributed by atoms with Gasteiger partial charge in [-0.05, 0) is 42.4 Å². The van der Waals surface area contributed by atoms with E-state index in [2.05, 4.69) is 40.6 Å². The quantitative estimate of drug-likeness (QED) is 0.581. The molecule has 5 heteroatoms. The summed E-state index contributed by atoms with van der Waals surface area (Å²) in [5.74, 6) is -0.0723. The largest absolute Gasteiger partial charge is 0.315 e. The minimum atomic E-state index is -0.0723. The lowest BCUT2D eigenvalue weighted by Crippen LogP contribution is -2.32. The van der Waals surface area contributed by atoms with Crippen molar-refractivity contribution in [1.29, 1.82) is 5.26 Å². The number of benzene rings is 2. The van der Waals surface area contributed by atoms with Crippen LogP contribution in [-0.4, -0.2) is 17.4 Å². The van der Waals surface area contributed by atoms with E-state index in [1.54, 1.807) is 11.3 Å². The lowest BCUT2D eigenvalue weighted by Gasteiger charge is -2.22. The van der Waals surface area contributed by atoms with Crippen LogP contribution >= 0.6 is 11.3 Å². The lowest BCUT2D eigenvalue weighted by molar-refractivity contribution is -0.117. The van der Waals surface area contributed by atoms with E-state index in [1.807, 2.05) is 36.4 Å². The number of fused-ring (bicyclic) bond motifs is 1. The first kappa shape index (κ1) is 20.3. The predicted molar refractivity (Wildman–Crippen MR) is 121 cm³/mol. The molecule has 4 rings (SSSR count).